The highest BCUT2D eigenvalue weighted by Gasteiger charge is 2.05. The molecule has 0 radical (unpaired) electrons. The monoisotopic (exact) mass is 148 g/mol. The van der Waals surface area contributed by atoms with Crippen LogP contribution >= 0.6 is 11.9 Å². The van der Waals surface area contributed by atoms with Crippen molar-refractivity contribution >= 4 is 11.9 Å². The predicted molar refractivity (Wildman–Crippen MR) is 44.4 cm³/mol. The molecule has 0 fully saturated rings. The van der Waals surface area contributed by atoms with E-state index in [2.05, 4.69) is 29.7 Å². The smallest absolute Gasteiger partial charge is 0.0664 e. The van der Waals surface area contributed by atoms with Gasteiger partial charge in [0.15, 0.2) is 0 Å². The number of hydrogen-bond donors (Lipinski definition) is 1. The third-order valence-corrected chi connectivity index (χ3v) is 2.44. The van der Waals surface area contributed by atoms with E-state index in [0.717, 1.165) is 6.54 Å². The van der Waals surface area contributed by atoms with Crippen molar-refractivity contribution in [1.82, 2.24) is 9.62 Å². The summed E-state index contributed by atoms with van der Waals surface area (Å²) in [6.45, 7) is 5.40. The minimum absolute atomic E-state index is 0.477. The van der Waals surface area contributed by atoms with Crippen molar-refractivity contribution in [3.05, 3.63) is 0 Å². The first kappa shape index (κ1) is 9.27. The van der Waals surface area contributed by atoms with Crippen molar-refractivity contribution in [3.63, 3.8) is 0 Å². The Morgan fingerprint density at radius 2 is 2.22 bits per heavy atom. The number of nitrogens with one attached hydrogen (secondary N) is 1. The van der Waals surface area contributed by atoms with Crippen molar-refractivity contribution in [2.24, 2.45) is 0 Å². The molecule has 0 aliphatic carbocycles. The molecule has 1 N–H and O–H groups in total. The van der Waals surface area contributed by atoms with Crippen LogP contribution in [0.5, 0.6) is 0 Å². The Bertz CT molecular complexity index is 64.1. The van der Waals surface area contributed by atoms with E-state index < -0.39 is 0 Å². The highest BCUT2D eigenvalue weighted by Crippen LogP contribution is 2.06. The molecule has 0 aromatic carbocycles. The van der Waals surface area contributed by atoms with Crippen LogP contribution in [0.1, 0.15) is 13.8 Å². The van der Waals surface area contributed by atoms with Gasteiger partial charge in [0.25, 0.3) is 0 Å². The van der Waals surface area contributed by atoms with E-state index in [1.807, 2.05) is 7.05 Å². The fourth-order valence-corrected chi connectivity index (χ4v) is 1.38. The minimum Gasteiger partial charge on any atom is -0.304 e. The fraction of sp³-hybridized carbons (Fsp3) is 1.00. The second-order valence-electron chi connectivity index (χ2n) is 1.88. The van der Waals surface area contributed by atoms with Crippen LogP contribution in [0.25, 0.3) is 0 Å². The summed E-state index contributed by atoms with van der Waals surface area (Å²) >= 11 is 1.77. The Hall–Kier alpha value is 0.270. The number of hydrogen-bond acceptors (Lipinski definition) is 3. The van der Waals surface area contributed by atoms with Gasteiger partial charge in [-0.15, -0.1) is 0 Å². The number of nitrogens with zero attached hydrogens (tertiary/aromatic N) is 1. The van der Waals surface area contributed by atoms with E-state index in [-0.39, 0.29) is 0 Å². The molecule has 2 nitrogen and oxygen atoms in total. The second-order valence-corrected chi connectivity index (χ2v) is 2.71. The lowest BCUT2D eigenvalue weighted by Gasteiger charge is -2.23. The van der Waals surface area contributed by atoms with E-state index >= 15 is 0 Å². The molecule has 0 saturated carbocycles. The molecule has 3 heteroatoms. The van der Waals surface area contributed by atoms with Crippen molar-refractivity contribution < 1.29 is 0 Å². The molecule has 0 amide bonds. The van der Waals surface area contributed by atoms with E-state index in [0.29, 0.717) is 6.17 Å². The van der Waals surface area contributed by atoms with Gasteiger partial charge in [0, 0.05) is 6.54 Å². The maximum absolute atomic E-state index is 3.17. The molecule has 0 aliphatic rings. The lowest BCUT2D eigenvalue weighted by molar-refractivity contribution is 0.350. The van der Waals surface area contributed by atoms with Crippen molar-refractivity contribution in [1.29, 1.82) is 0 Å². The van der Waals surface area contributed by atoms with Gasteiger partial charge < -0.3 is 5.32 Å². The first-order valence-electron chi connectivity index (χ1n) is 3.24. The molecule has 9 heavy (non-hydrogen) atoms. The zero-order valence-electron chi connectivity index (χ0n) is 6.64. The van der Waals surface area contributed by atoms with Crippen molar-refractivity contribution in [2.75, 3.05) is 19.8 Å². The summed E-state index contributed by atoms with van der Waals surface area (Å²) in [6, 6.07) is 0. The standard InChI is InChI=1S/C6H16N2S/c1-5-8(9-4)6(2)7-3/h6-7H,5H2,1-4H3. The minimum atomic E-state index is 0.477. The second kappa shape index (κ2) is 5.09. The van der Waals surface area contributed by atoms with Gasteiger partial charge in [0.2, 0.25) is 0 Å². The molecule has 1 unspecified atom stereocenters. The lowest BCUT2D eigenvalue weighted by Crippen LogP contribution is -2.36. The van der Waals surface area contributed by atoms with Gasteiger partial charge in [-0.1, -0.05) is 18.9 Å². The molecular formula is C6H16N2S. The molecule has 56 valence electrons. The highest BCUT2D eigenvalue weighted by molar-refractivity contribution is 7.96. The van der Waals surface area contributed by atoms with Crippen LogP contribution in [-0.4, -0.2) is 30.3 Å². The first-order chi connectivity index (χ1) is 4.26. The van der Waals surface area contributed by atoms with E-state index in [1.165, 1.54) is 0 Å². The molecule has 0 bridgehead atoms. The van der Waals surface area contributed by atoms with Crippen LogP contribution in [0, 0.1) is 0 Å². The van der Waals surface area contributed by atoms with Gasteiger partial charge in [0.05, 0.1) is 6.17 Å². The lowest BCUT2D eigenvalue weighted by atomic mass is 10.5. The van der Waals surface area contributed by atoms with Crippen LogP contribution in [0.4, 0.5) is 0 Å². The van der Waals surface area contributed by atoms with Crippen molar-refractivity contribution in [2.45, 2.75) is 20.0 Å². The maximum atomic E-state index is 3.17. The Morgan fingerprint density at radius 1 is 1.67 bits per heavy atom. The van der Waals surface area contributed by atoms with Gasteiger partial charge in [0.1, 0.15) is 0 Å². The van der Waals surface area contributed by atoms with Gasteiger partial charge in [-0.05, 0) is 20.2 Å². The predicted octanol–water partition coefficient (Wildman–Crippen LogP) is 1.15. The average Bonchev–Trinajstić information content (AvgIpc) is 1.90. The summed E-state index contributed by atoms with van der Waals surface area (Å²) in [5, 5.41) is 3.17. The van der Waals surface area contributed by atoms with E-state index in [1.54, 1.807) is 11.9 Å². The molecular weight excluding hydrogens is 132 g/mol. The quantitative estimate of drug-likeness (QED) is 0.475. The Kier molecular flexibility index (Phi) is 5.24. The maximum Gasteiger partial charge on any atom is 0.0664 e. The van der Waals surface area contributed by atoms with Crippen LogP contribution in [0.2, 0.25) is 0 Å². The average molecular weight is 148 g/mol. The summed E-state index contributed by atoms with van der Waals surface area (Å²) in [5.41, 5.74) is 0. The van der Waals surface area contributed by atoms with Gasteiger partial charge in [-0.25, -0.2) is 4.31 Å². The zero-order chi connectivity index (χ0) is 7.28. The SMILES string of the molecule is CCN(SC)C(C)NC. The third-order valence-electron chi connectivity index (χ3n) is 1.40. The fourth-order valence-electron chi connectivity index (χ4n) is 0.705. The molecule has 0 aromatic rings. The molecule has 0 saturated heterocycles. The highest BCUT2D eigenvalue weighted by atomic mass is 32.2. The van der Waals surface area contributed by atoms with Crippen LogP contribution in [0.3, 0.4) is 0 Å². The van der Waals surface area contributed by atoms with E-state index in [4.69, 9.17) is 0 Å². The Balaban J connectivity index is 3.50. The summed E-state index contributed by atoms with van der Waals surface area (Å²) in [6.07, 6.45) is 2.57. The summed E-state index contributed by atoms with van der Waals surface area (Å²) < 4.78 is 2.28. The summed E-state index contributed by atoms with van der Waals surface area (Å²) in [5.74, 6) is 0. The van der Waals surface area contributed by atoms with E-state index in [9.17, 15) is 0 Å². The molecule has 0 spiro atoms. The molecule has 0 rings (SSSR count). The molecule has 0 aliphatic heterocycles. The van der Waals surface area contributed by atoms with Gasteiger partial charge >= 0.3 is 0 Å². The summed E-state index contributed by atoms with van der Waals surface area (Å²) in [4.78, 5) is 0. The van der Waals surface area contributed by atoms with Gasteiger partial charge in [-0.3, -0.25) is 0 Å². The third kappa shape index (κ3) is 3.08. The molecule has 0 heterocycles. The first-order valence-corrected chi connectivity index (χ1v) is 4.42. The number of rotatable bonds is 4. The largest absolute Gasteiger partial charge is 0.304 e. The Labute approximate surface area is 62.1 Å². The molecule has 1 atom stereocenters. The molecule has 0 aromatic heterocycles. The summed E-state index contributed by atoms with van der Waals surface area (Å²) in [7, 11) is 1.98. The van der Waals surface area contributed by atoms with Crippen LogP contribution < -0.4 is 5.32 Å². The normalized spacial score (nSPS) is 14.3. The van der Waals surface area contributed by atoms with Crippen LogP contribution in [-0.2, 0) is 0 Å². The van der Waals surface area contributed by atoms with Crippen molar-refractivity contribution in [3.8, 4) is 0 Å². The Morgan fingerprint density at radius 3 is 2.33 bits per heavy atom. The van der Waals surface area contributed by atoms with Gasteiger partial charge in [-0.2, -0.15) is 0 Å². The topological polar surface area (TPSA) is 15.3 Å². The van der Waals surface area contributed by atoms with Crippen LogP contribution in [0.15, 0.2) is 0 Å². The zero-order valence-corrected chi connectivity index (χ0v) is 7.46.